The largest absolute Gasteiger partial charge is 0.381 e. The van der Waals surface area contributed by atoms with Gasteiger partial charge in [-0.05, 0) is 31.0 Å². The van der Waals surface area contributed by atoms with Crippen molar-refractivity contribution in [1.29, 1.82) is 0 Å². The lowest BCUT2D eigenvalue weighted by Crippen LogP contribution is -2.44. The quantitative estimate of drug-likeness (QED) is 0.591. The van der Waals surface area contributed by atoms with E-state index < -0.39 is 0 Å². The third-order valence-electron chi connectivity index (χ3n) is 4.01. The van der Waals surface area contributed by atoms with E-state index in [1.165, 1.54) is 0 Å². The van der Waals surface area contributed by atoms with E-state index in [2.05, 4.69) is 31.6 Å². The Morgan fingerprint density at radius 3 is 2.96 bits per heavy atom. The molecule has 0 radical (unpaired) electrons. The molecule has 1 heterocycles. The molecule has 1 amide bonds. The van der Waals surface area contributed by atoms with Crippen LogP contribution in [0.15, 0.2) is 27.7 Å². The summed E-state index contributed by atoms with van der Waals surface area (Å²) in [6.07, 6.45) is 1.07. The number of anilines is 1. The molecule has 1 unspecified atom stereocenters. The number of rotatable bonds is 5. The van der Waals surface area contributed by atoms with E-state index in [9.17, 15) is 4.79 Å². The Morgan fingerprint density at radius 1 is 1.50 bits per heavy atom. The predicted molar refractivity (Wildman–Crippen MR) is 100 cm³/mol. The summed E-state index contributed by atoms with van der Waals surface area (Å²) in [5.41, 5.74) is 1.83. The third kappa shape index (κ3) is 5.49. The molecule has 7 heteroatoms. The summed E-state index contributed by atoms with van der Waals surface area (Å²) in [5, 5.41) is 6.03. The van der Waals surface area contributed by atoms with Crippen LogP contribution in [0.25, 0.3) is 0 Å². The van der Waals surface area contributed by atoms with E-state index in [0.717, 1.165) is 41.9 Å². The van der Waals surface area contributed by atoms with Crippen molar-refractivity contribution in [1.82, 2.24) is 10.2 Å². The number of halogens is 1. The summed E-state index contributed by atoms with van der Waals surface area (Å²) < 4.78 is 6.34. The zero-order valence-corrected chi connectivity index (χ0v) is 16.0. The number of hydrogen-bond donors (Lipinski definition) is 2. The molecule has 24 heavy (non-hydrogen) atoms. The van der Waals surface area contributed by atoms with Gasteiger partial charge in [-0.15, -0.1) is 0 Å². The summed E-state index contributed by atoms with van der Waals surface area (Å²) in [6, 6.07) is 5.81. The van der Waals surface area contributed by atoms with E-state index in [0.29, 0.717) is 11.9 Å². The van der Waals surface area contributed by atoms with Crippen molar-refractivity contribution < 1.29 is 9.53 Å². The first-order valence-corrected chi connectivity index (χ1v) is 8.84. The smallest absolute Gasteiger partial charge is 0.243 e. The molecule has 0 saturated carbocycles. The van der Waals surface area contributed by atoms with Gasteiger partial charge in [-0.3, -0.25) is 9.79 Å². The van der Waals surface area contributed by atoms with Crippen molar-refractivity contribution in [2.45, 2.75) is 13.3 Å². The number of ether oxygens (including phenoxy) is 1. The van der Waals surface area contributed by atoms with Gasteiger partial charge in [0.2, 0.25) is 5.91 Å². The molecule has 1 aliphatic rings. The lowest BCUT2D eigenvalue weighted by Gasteiger charge is -2.24. The number of benzene rings is 1. The summed E-state index contributed by atoms with van der Waals surface area (Å²) in [7, 11) is 3.70. The first kappa shape index (κ1) is 18.7. The standard InChI is InChI=1S/C17H25BrN4O2/c1-12-4-5-14(18)8-15(12)21-16(23)9-20-17(19-2)22(3)10-13-6-7-24-11-13/h4-5,8,13H,6-7,9-11H2,1-3H3,(H,19,20)(H,21,23). The highest BCUT2D eigenvalue weighted by Crippen LogP contribution is 2.20. The van der Waals surface area contributed by atoms with Crippen LogP contribution >= 0.6 is 15.9 Å². The van der Waals surface area contributed by atoms with Gasteiger partial charge >= 0.3 is 0 Å². The molecule has 1 aromatic rings. The van der Waals surface area contributed by atoms with Gasteiger partial charge in [-0.25, -0.2) is 0 Å². The van der Waals surface area contributed by atoms with Crippen molar-refractivity contribution in [3.05, 3.63) is 28.2 Å². The minimum absolute atomic E-state index is 0.102. The summed E-state index contributed by atoms with van der Waals surface area (Å²) in [5.74, 6) is 1.13. The Hall–Kier alpha value is -1.60. The Balaban J connectivity index is 1.83. The maximum Gasteiger partial charge on any atom is 0.243 e. The van der Waals surface area contributed by atoms with E-state index in [-0.39, 0.29) is 12.5 Å². The Morgan fingerprint density at radius 2 is 2.29 bits per heavy atom. The van der Waals surface area contributed by atoms with Crippen LogP contribution < -0.4 is 10.6 Å². The first-order chi connectivity index (χ1) is 11.5. The lowest BCUT2D eigenvalue weighted by atomic mass is 10.1. The molecule has 0 bridgehead atoms. The van der Waals surface area contributed by atoms with Gasteiger partial charge in [0.1, 0.15) is 0 Å². The number of carbonyl (C=O) groups excluding carboxylic acids is 1. The molecular formula is C17H25BrN4O2. The maximum atomic E-state index is 12.2. The highest BCUT2D eigenvalue weighted by Gasteiger charge is 2.19. The first-order valence-electron chi connectivity index (χ1n) is 8.05. The Kier molecular flexibility index (Phi) is 7.05. The minimum Gasteiger partial charge on any atom is -0.381 e. The van der Waals surface area contributed by atoms with E-state index in [4.69, 9.17) is 4.74 Å². The molecule has 0 aromatic heterocycles. The van der Waals surface area contributed by atoms with Crippen LogP contribution in [0.5, 0.6) is 0 Å². The van der Waals surface area contributed by atoms with Gasteiger partial charge in [0.25, 0.3) is 0 Å². The van der Waals surface area contributed by atoms with Crippen molar-refractivity contribution in [3.63, 3.8) is 0 Å². The molecule has 1 atom stereocenters. The average Bonchev–Trinajstić information content (AvgIpc) is 3.04. The number of aryl methyl sites for hydroxylation is 1. The number of aliphatic imine (C=N–C) groups is 1. The molecule has 132 valence electrons. The molecule has 0 spiro atoms. The summed E-state index contributed by atoms with van der Waals surface area (Å²) in [6.45, 7) is 4.63. The van der Waals surface area contributed by atoms with E-state index >= 15 is 0 Å². The highest BCUT2D eigenvalue weighted by molar-refractivity contribution is 9.10. The summed E-state index contributed by atoms with van der Waals surface area (Å²) in [4.78, 5) is 18.5. The van der Waals surface area contributed by atoms with Crippen LogP contribution in [0, 0.1) is 12.8 Å². The second kappa shape index (κ2) is 9.03. The van der Waals surface area contributed by atoms with Crippen molar-refractivity contribution >= 4 is 33.5 Å². The predicted octanol–water partition coefficient (Wildman–Crippen LogP) is 2.24. The van der Waals surface area contributed by atoms with Gasteiger partial charge in [0, 0.05) is 43.3 Å². The van der Waals surface area contributed by atoms with Crippen LogP contribution in [0.3, 0.4) is 0 Å². The number of hydrogen-bond acceptors (Lipinski definition) is 3. The number of nitrogens with zero attached hydrogens (tertiary/aromatic N) is 2. The zero-order chi connectivity index (χ0) is 17.5. The number of carbonyl (C=O) groups is 1. The van der Waals surface area contributed by atoms with Crippen molar-refractivity contribution in [3.8, 4) is 0 Å². The van der Waals surface area contributed by atoms with Crippen molar-refractivity contribution in [2.24, 2.45) is 10.9 Å². The third-order valence-corrected chi connectivity index (χ3v) is 4.50. The molecular weight excluding hydrogens is 372 g/mol. The highest BCUT2D eigenvalue weighted by atomic mass is 79.9. The molecule has 2 rings (SSSR count). The summed E-state index contributed by atoms with van der Waals surface area (Å²) >= 11 is 3.42. The van der Waals surface area contributed by atoms with Gasteiger partial charge in [-0.2, -0.15) is 0 Å². The van der Waals surface area contributed by atoms with Gasteiger partial charge in [0.05, 0.1) is 13.2 Å². The molecule has 2 N–H and O–H groups in total. The fourth-order valence-electron chi connectivity index (χ4n) is 2.67. The zero-order valence-electron chi connectivity index (χ0n) is 14.4. The van der Waals surface area contributed by atoms with Crippen LogP contribution in [-0.4, -0.2) is 57.2 Å². The van der Waals surface area contributed by atoms with E-state index in [1.807, 2.05) is 37.1 Å². The fraction of sp³-hybridized carbons (Fsp3) is 0.529. The fourth-order valence-corrected chi connectivity index (χ4v) is 3.03. The van der Waals surface area contributed by atoms with Crippen molar-refractivity contribution in [2.75, 3.05) is 45.7 Å². The minimum atomic E-state index is -0.102. The number of amides is 1. The topological polar surface area (TPSA) is 66.0 Å². The average molecular weight is 397 g/mol. The lowest BCUT2D eigenvalue weighted by molar-refractivity contribution is -0.115. The molecule has 1 fully saturated rings. The monoisotopic (exact) mass is 396 g/mol. The van der Waals surface area contributed by atoms with Crippen LogP contribution in [-0.2, 0) is 9.53 Å². The van der Waals surface area contributed by atoms with Gasteiger partial charge in [-0.1, -0.05) is 22.0 Å². The molecule has 1 aliphatic heterocycles. The Labute approximate surface area is 151 Å². The normalized spacial score (nSPS) is 17.7. The molecule has 6 nitrogen and oxygen atoms in total. The number of guanidine groups is 1. The van der Waals surface area contributed by atoms with Crippen LogP contribution in [0.4, 0.5) is 5.69 Å². The second-order valence-electron chi connectivity index (χ2n) is 6.02. The molecule has 1 aromatic carbocycles. The van der Waals surface area contributed by atoms with Crippen LogP contribution in [0.1, 0.15) is 12.0 Å². The van der Waals surface area contributed by atoms with Crippen LogP contribution in [0.2, 0.25) is 0 Å². The molecule has 0 aliphatic carbocycles. The van der Waals surface area contributed by atoms with E-state index in [1.54, 1.807) is 7.05 Å². The van der Waals surface area contributed by atoms with Gasteiger partial charge in [0.15, 0.2) is 5.96 Å². The molecule has 1 saturated heterocycles. The maximum absolute atomic E-state index is 12.2. The van der Waals surface area contributed by atoms with Gasteiger partial charge < -0.3 is 20.3 Å². The SMILES string of the molecule is CN=C(NCC(=O)Nc1cc(Br)ccc1C)N(C)CC1CCOC1. The Bertz CT molecular complexity index is 600. The number of nitrogens with one attached hydrogen (secondary N) is 2. The second-order valence-corrected chi connectivity index (χ2v) is 6.93.